The van der Waals surface area contributed by atoms with Gasteiger partial charge in [-0.2, -0.15) is 26.3 Å². The van der Waals surface area contributed by atoms with E-state index >= 15 is 0 Å². The van der Waals surface area contributed by atoms with Crippen LogP contribution in [0.15, 0.2) is 36.4 Å². The van der Waals surface area contributed by atoms with Gasteiger partial charge in [-0.1, -0.05) is 30.3 Å². The summed E-state index contributed by atoms with van der Waals surface area (Å²) in [5.74, 6) is 0. The number of alkyl halides is 6. The first kappa shape index (κ1) is 19.1. The molecule has 7 heteroatoms. The number of halogens is 6. The number of benzene rings is 2. The minimum absolute atomic E-state index is 0.126. The van der Waals surface area contributed by atoms with Crippen molar-refractivity contribution in [3.8, 4) is 0 Å². The molecule has 0 aliphatic heterocycles. The number of rotatable bonds is 2. The van der Waals surface area contributed by atoms with Crippen molar-refractivity contribution in [1.82, 2.24) is 0 Å². The zero-order valence-corrected chi connectivity index (χ0v) is 13.8. The minimum Gasteiger partial charge on any atom is -0.399 e. The van der Waals surface area contributed by atoms with Gasteiger partial charge in [0.1, 0.15) is 0 Å². The van der Waals surface area contributed by atoms with E-state index < -0.39 is 28.9 Å². The SMILES string of the molecule is Cc1ccc(C(c2cccc(N)c2C)(C(F)(F)F)C(F)(F)F)cc1C. The topological polar surface area (TPSA) is 26.0 Å². The fraction of sp³-hybridized carbons (Fsp3) is 0.333. The van der Waals surface area contributed by atoms with Crippen molar-refractivity contribution in [2.24, 2.45) is 0 Å². The molecular weight excluding hydrogens is 344 g/mol. The summed E-state index contributed by atoms with van der Waals surface area (Å²) < 4.78 is 84.2. The Kier molecular flexibility index (Phi) is 4.57. The number of nitrogens with two attached hydrogens (primary N) is 1. The van der Waals surface area contributed by atoms with Crippen molar-refractivity contribution in [2.45, 2.75) is 38.5 Å². The van der Waals surface area contributed by atoms with Crippen LogP contribution in [0.2, 0.25) is 0 Å². The average Bonchev–Trinajstić information content (AvgIpc) is 2.45. The highest BCUT2D eigenvalue weighted by Crippen LogP contribution is 2.57. The Balaban J connectivity index is 3.02. The zero-order chi connectivity index (χ0) is 19.2. The highest BCUT2D eigenvalue weighted by Gasteiger charge is 2.73. The Morgan fingerprint density at radius 3 is 1.80 bits per heavy atom. The summed E-state index contributed by atoms with van der Waals surface area (Å²) in [5.41, 5.74) is 0.250. The highest BCUT2D eigenvalue weighted by molar-refractivity contribution is 5.57. The van der Waals surface area contributed by atoms with Gasteiger partial charge in [0.25, 0.3) is 0 Å². The third-order valence-corrected chi connectivity index (χ3v) is 4.57. The molecule has 2 N–H and O–H groups in total. The van der Waals surface area contributed by atoms with E-state index in [9.17, 15) is 26.3 Å². The van der Waals surface area contributed by atoms with Crippen molar-refractivity contribution in [2.75, 3.05) is 5.73 Å². The summed E-state index contributed by atoms with van der Waals surface area (Å²) in [6.45, 7) is 4.26. The van der Waals surface area contributed by atoms with Crippen LogP contribution in [0, 0.1) is 20.8 Å². The Hall–Kier alpha value is -2.18. The van der Waals surface area contributed by atoms with Crippen LogP contribution < -0.4 is 5.73 Å². The van der Waals surface area contributed by atoms with Gasteiger partial charge in [-0.25, -0.2) is 0 Å². The van der Waals surface area contributed by atoms with Crippen molar-refractivity contribution < 1.29 is 26.3 Å². The Morgan fingerprint density at radius 2 is 1.32 bits per heavy atom. The molecule has 0 atom stereocenters. The van der Waals surface area contributed by atoms with Gasteiger partial charge in [0, 0.05) is 5.69 Å². The highest BCUT2D eigenvalue weighted by atomic mass is 19.4. The van der Waals surface area contributed by atoms with E-state index in [1.165, 1.54) is 19.1 Å². The lowest BCUT2D eigenvalue weighted by atomic mass is 9.70. The molecule has 0 aromatic heterocycles. The molecule has 0 aliphatic carbocycles. The fourth-order valence-electron chi connectivity index (χ4n) is 2.98. The molecule has 2 aromatic carbocycles. The van der Waals surface area contributed by atoms with Crippen LogP contribution in [0.4, 0.5) is 32.0 Å². The lowest BCUT2D eigenvalue weighted by Crippen LogP contribution is -2.55. The first-order valence-corrected chi connectivity index (χ1v) is 7.40. The second-order valence-corrected chi connectivity index (χ2v) is 6.06. The largest absolute Gasteiger partial charge is 0.411 e. The van der Waals surface area contributed by atoms with Gasteiger partial charge in [0.2, 0.25) is 5.41 Å². The van der Waals surface area contributed by atoms with Gasteiger partial charge in [0.05, 0.1) is 0 Å². The summed E-state index contributed by atoms with van der Waals surface area (Å²) in [7, 11) is 0. The number of aryl methyl sites for hydroxylation is 2. The van der Waals surface area contributed by atoms with Crippen LogP contribution in [0.1, 0.15) is 27.8 Å². The molecule has 0 heterocycles. The molecule has 0 saturated heterocycles. The Bertz CT molecular complexity index is 775. The van der Waals surface area contributed by atoms with Crippen LogP contribution >= 0.6 is 0 Å². The van der Waals surface area contributed by atoms with Crippen molar-refractivity contribution >= 4 is 5.69 Å². The standard InChI is InChI=1S/C18H17F6N/c1-10-7-8-13(9-11(10)2)16(17(19,20)21,18(22,23)24)14-5-4-6-15(25)12(14)3/h4-9H,25H2,1-3H3. The Labute approximate surface area is 141 Å². The summed E-state index contributed by atoms with van der Waals surface area (Å²) in [6, 6.07) is 6.30. The molecule has 1 nitrogen and oxygen atoms in total. The molecule has 0 saturated carbocycles. The van der Waals surface area contributed by atoms with Crippen LogP contribution in [0.25, 0.3) is 0 Å². The van der Waals surface area contributed by atoms with Gasteiger partial charge in [-0.3, -0.25) is 0 Å². The first-order valence-electron chi connectivity index (χ1n) is 7.40. The first-order chi connectivity index (χ1) is 11.3. The van der Waals surface area contributed by atoms with Gasteiger partial charge in [-0.05, 0) is 54.7 Å². The smallest absolute Gasteiger partial charge is 0.399 e. The van der Waals surface area contributed by atoms with Gasteiger partial charge in [0.15, 0.2) is 0 Å². The summed E-state index contributed by atoms with van der Waals surface area (Å²) in [6.07, 6.45) is -11.2. The van der Waals surface area contributed by atoms with E-state index in [4.69, 9.17) is 5.73 Å². The maximum absolute atomic E-state index is 14.0. The molecule has 0 spiro atoms. The number of hydrogen-bond donors (Lipinski definition) is 1. The van der Waals surface area contributed by atoms with Crippen LogP contribution in [0.3, 0.4) is 0 Å². The zero-order valence-electron chi connectivity index (χ0n) is 13.8. The van der Waals surface area contributed by atoms with Gasteiger partial charge in [-0.15, -0.1) is 0 Å². The average molecular weight is 361 g/mol. The molecule has 2 aromatic rings. The van der Waals surface area contributed by atoms with E-state index in [0.717, 1.165) is 31.2 Å². The molecule has 2 rings (SSSR count). The summed E-state index contributed by atoms with van der Waals surface area (Å²) in [4.78, 5) is 0. The molecule has 0 bridgehead atoms. The van der Waals surface area contributed by atoms with Crippen molar-refractivity contribution in [1.29, 1.82) is 0 Å². The predicted molar refractivity (Wildman–Crippen MR) is 84.4 cm³/mol. The predicted octanol–water partition coefficient (Wildman–Crippen LogP) is 5.60. The lowest BCUT2D eigenvalue weighted by molar-refractivity contribution is -0.288. The Morgan fingerprint density at radius 1 is 0.760 bits per heavy atom. The molecule has 0 fully saturated rings. The van der Waals surface area contributed by atoms with Crippen LogP contribution in [-0.4, -0.2) is 12.4 Å². The van der Waals surface area contributed by atoms with E-state index in [-0.39, 0.29) is 11.3 Å². The maximum atomic E-state index is 14.0. The molecule has 25 heavy (non-hydrogen) atoms. The van der Waals surface area contributed by atoms with Gasteiger partial charge < -0.3 is 5.73 Å². The third-order valence-electron chi connectivity index (χ3n) is 4.57. The monoisotopic (exact) mass is 361 g/mol. The van der Waals surface area contributed by atoms with Crippen LogP contribution in [0.5, 0.6) is 0 Å². The number of hydrogen-bond acceptors (Lipinski definition) is 1. The van der Waals surface area contributed by atoms with E-state index in [2.05, 4.69) is 0 Å². The fourth-order valence-corrected chi connectivity index (χ4v) is 2.98. The number of nitrogen functional groups attached to an aromatic ring is 1. The lowest BCUT2D eigenvalue weighted by Gasteiger charge is -2.39. The van der Waals surface area contributed by atoms with Crippen molar-refractivity contribution in [3.63, 3.8) is 0 Å². The molecule has 0 aliphatic rings. The van der Waals surface area contributed by atoms with Crippen molar-refractivity contribution in [3.05, 3.63) is 64.2 Å². The quantitative estimate of drug-likeness (QED) is 0.546. The normalized spacial score (nSPS) is 13.2. The van der Waals surface area contributed by atoms with E-state index in [1.54, 1.807) is 6.92 Å². The molecule has 136 valence electrons. The van der Waals surface area contributed by atoms with Crippen LogP contribution in [-0.2, 0) is 5.41 Å². The van der Waals surface area contributed by atoms with E-state index in [0.29, 0.717) is 11.1 Å². The third kappa shape index (κ3) is 2.85. The second kappa shape index (κ2) is 5.97. The molecule has 0 amide bonds. The maximum Gasteiger partial charge on any atom is 0.411 e. The summed E-state index contributed by atoms with van der Waals surface area (Å²) >= 11 is 0. The molecule has 0 radical (unpaired) electrons. The molecular formula is C18H17F6N. The molecule has 0 unspecified atom stereocenters. The number of anilines is 1. The second-order valence-electron chi connectivity index (χ2n) is 6.06. The minimum atomic E-state index is -5.61. The summed E-state index contributed by atoms with van der Waals surface area (Å²) in [5, 5.41) is 0. The van der Waals surface area contributed by atoms with E-state index in [1.807, 2.05) is 0 Å². The van der Waals surface area contributed by atoms with Gasteiger partial charge >= 0.3 is 12.4 Å².